The summed E-state index contributed by atoms with van der Waals surface area (Å²) in [7, 11) is 0. The molecule has 0 bridgehead atoms. The zero-order valence-corrected chi connectivity index (χ0v) is 21.1. The Hall–Kier alpha value is -1.92. The van der Waals surface area contributed by atoms with Crippen molar-refractivity contribution in [3.05, 3.63) is 65.7 Å². The van der Waals surface area contributed by atoms with Gasteiger partial charge in [-0.15, -0.1) is 37.2 Å². The smallest absolute Gasteiger partial charge is 0.122 e. The molecule has 4 N–H and O–H groups in total. The van der Waals surface area contributed by atoms with Gasteiger partial charge in [0.05, 0.1) is 0 Å². The number of ether oxygens (including phenoxy) is 1. The number of benzene rings is 2. The van der Waals surface area contributed by atoms with E-state index in [1.807, 2.05) is 24.3 Å². The molecule has 0 amide bonds. The maximum Gasteiger partial charge on any atom is 0.122 e. The quantitative estimate of drug-likeness (QED) is 0.339. The molecule has 5 nitrogen and oxygen atoms in total. The second kappa shape index (κ2) is 15.0. The number of hydrogen-bond donors (Lipinski definition) is 3. The molecule has 0 aromatic heterocycles. The van der Waals surface area contributed by atoms with E-state index in [0.29, 0.717) is 12.1 Å². The number of amidine groups is 1. The molecule has 1 heterocycles. The highest BCUT2D eigenvalue weighted by Gasteiger charge is 2.15. The third-order valence-electron chi connectivity index (χ3n) is 5.19. The minimum absolute atomic E-state index is 0. The fraction of sp³-hybridized carbons (Fsp3) is 0.375. The number of piperidine rings is 1. The van der Waals surface area contributed by atoms with Gasteiger partial charge in [0, 0.05) is 23.8 Å². The van der Waals surface area contributed by atoms with Crippen molar-refractivity contribution < 1.29 is 4.74 Å². The van der Waals surface area contributed by atoms with Crippen LogP contribution in [-0.4, -0.2) is 37.6 Å². The Balaban J connectivity index is 0.00000320. The molecule has 2 aromatic carbocycles. The molecule has 3 rings (SSSR count). The van der Waals surface area contributed by atoms with E-state index in [9.17, 15) is 0 Å². The predicted molar refractivity (Wildman–Crippen MR) is 144 cm³/mol. The first-order chi connectivity index (χ1) is 14.0. The summed E-state index contributed by atoms with van der Waals surface area (Å²) in [5.74, 6) is 1.04. The summed E-state index contributed by atoms with van der Waals surface area (Å²) < 4.78 is 6.12. The Morgan fingerprint density at radius 3 is 2.38 bits per heavy atom. The second-order valence-electron chi connectivity index (χ2n) is 7.75. The average molecular weight is 502 g/mol. The molecule has 0 radical (unpaired) electrons. The molecular weight excluding hydrogens is 467 g/mol. The summed E-state index contributed by atoms with van der Waals surface area (Å²) in [6.45, 7) is 7.26. The van der Waals surface area contributed by atoms with Crippen molar-refractivity contribution in [1.82, 2.24) is 5.32 Å². The van der Waals surface area contributed by atoms with Gasteiger partial charge in [-0.1, -0.05) is 30.4 Å². The highest BCUT2D eigenvalue weighted by atomic mass is 35.5. The first-order valence-corrected chi connectivity index (χ1v) is 10.4. The summed E-state index contributed by atoms with van der Waals surface area (Å²) in [5, 5.41) is 10.9. The lowest BCUT2D eigenvalue weighted by Crippen LogP contribution is -2.34. The molecule has 8 heteroatoms. The number of anilines is 1. The Bertz CT molecular complexity index is 837. The number of nitrogens with zero attached hydrogens (tertiary/aromatic N) is 1. The highest BCUT2D eigenvalue weighted by molar-refractivity contribution is 5.95. The Kier molecular flexibility index (Phi) is 14.1. The van der Waals surface area contributed by atoms with Crippen LogP contribution in [0.5, 0.6) is 5.75 Å². The summed E-state index contributed by atoms with van der Waals surface area (Å²) in [6.07, 6.45) is 6.68. The van der Waals surface area contributed by atoms with Gasteiger partial charge < -0.3 is 20.7 Å². The van der Waals surface area contributed by atoms with Gasteiger partial charge in [0.15, 0.2) is 0 Å². The summed E-state index contributed by atoms with van der Waals surface area (Å²) in [5.41, 5.74) is 8.56. The molecule has 1 aliphatic rings. The molecule has 0 saturated carbocycles. The standard InChI is InChI=1S/C24H32N4O.3ClH/c1-18(2)28(16-4-6-19-5-3-7-20(17-19)24(25)26)21-8-10-22(11-9-21)29-23-12-14-27-15-13-23;;;/h3-11,17-18,23,27H,12-16H2,1-2H3,(H3,25,26);3*1H/b6-4+;;;. The molecule has 32 heavy (non-hydrogen) atoms. The van der Waals surface area contributed by atoms with Crippen LogP contribution in [0.15, 0.2) is 54.6 Å². The molecule has 2 aromatic rings. The van der Waals surface area contributed by atoms with Gasteiger partial charge >= 0.3 is 0 Å². The minimum Gasteiger partial charge on any atom is -0.490 e. The summed E-state index contributed by atoms with van der Waals surface area (Å²) >= 11 is 0. The third-order valence-corrected chi connectivity index (χ3v) is 5.19. The number of hydrogen-bond acceptors (Lipinski definition) is 4. The predicted octanol–water partition coefficient (Wildman–Crippen LogP) is 5.30. The van der Waals surface area contributed by atoms with Gasteiger partial charge in [-0.3, -0.25) is 5.41 Å². The van der Waals surface area contributed by atoms with Crippen molar-refractivity contribution in [3.8, 4) is 5.75 Å². The number of nitrogen functional groups attached to an aromatic ring is 1. The van der Waals surface area contributed by atoms with Crippen LogP contribution >= 0.6 is 37.2 Å². The van der Waals surface area contributed by atoms with Crippen LogP contribution in [0.4, 0.5) is 5.69 Å². The van der Waals surface area contributed by atoms with Crippen LogP contribution in [0, 0.1) is 5.41 Å². The number of rotatable bonds is 8. The monoisotopic (exact) mass is 500 g/mol. The highest BCUT2D eigenvalue weighted by Crippen LogP contribution is 2.23. The van der Waals surface area contributed by atoms with E-state index in [0.717, 1.165) is 49.4 Å². The van der Waals surface area contributed by atoms with Crippen LogP contribution in [0.3, 0.4) is 0 Å². The zero-order chi connectivity index (χ0) is 20.6. The lowest BCUT2D eigenvalue weighted by Gasteiger charge is -2.28. The fourth-order valence-corrected chi connectivity index (χ4v) is 3.55. The maximum absolute atomic E-state index is 7.58. The van der Waals surface area contributed by atoms with E-state index in [1.165, 1.54) is 5.69 Å². The lowest BCUT2D eigenvalue weighted by atomic mass is 10.1. The van der Waals surface area contributed by atoms with E-state index >= 15 is 0 Å². The molecule has 178 valence electrons. The maximum atomic E-state index is 7.58. The molecule has 1 aliphatic heterocycles. The van der Waals surface area contributed by atoms with E-state index < -0.39 is 0 Å². The van der Waals surface area contributed by atoms with Crippen molar-refractivity contribution in [2.24, 2.45) is 5.73 Å². The Morgan fingerprint density at radius 1 is 1.12 bits per heavy atom. The van der Waals surface area contributed by atoms with E-state index in [2.05, 4.69) is 60.5 Å². The van der Waals surface area contributed by atoms with Crippen LogP contribution < -0.4 is 20.7 Å². The number of nitrogens with one attached hydrogen (secondary N) is 2. The first-order valence-electron chi connectivity index (χ1n) is 10.4. The van der Waals surface area contributed by atoms with Crippen molar-refractivity contribution in [1.29, 1.82) is 5.41 Å². The minimum atomic E-state index is 0. The largest absolute Gasteiger partial charge is 0.490 e. The molecule has 0 aliphatic carbocycles. The molecule has 1 saturated heterocycles. The zero-order valence-electron chi connectivity index (χ0n) is 18.6. The van der Waals surface area contributed by atoms with Crippen molar-refractivity contribution >= 4 is 54.8 Å². The van der Waals surface area contributed by atoms with Gasteiger partial charge in [-0.2, -0.15) is 0 Å². The summed E-state index contributed by atoms with van der Waals surface area (Å²) in [6, 6.07) is 16.5. The number of nitrogens with two attached hydrogens (primary N) is 1. The fourth-order valence-electron chi connectivity index (χ4n) is 3.55. The van der Waals surface area contributed by atoms with Crippen LogP contribution in [0.25, 0.3) is 6.08 Å². The van der Waals surface area contributed by atoms with E-state index in [1.54, 1.807) is 0 Å². The second-order valence-corrected chi connectivity index (χ2v) is 7.75. The molecule has 0 unspecified atom stereocenters. The SMILES string of the molecule is CC(C)N(C/C=C/c1cccc(C(=N)N)c1)c1ccc(OC2CCNCC2)cc1.Cl.Cl.Cl. The Morgan fingerprint density at radius 2 is 1.78 bits per heavy atom. The topological polar surface area (TPSA) is 74.4 Å². The van der Waals surface area contributed by atoms with E-state index in [-0.39, 0.29) is 43.1 Å². The molecular formula is C24H35Cl3N4O. The van der Waals surface area contributed by atoms with Crippen molar-refractivity contribution in [2.45, 2.75) is 38.8 Å². The van der Waals surface area contributed by atoms with Gasteiger partial charge in [-0.05, 0) is 75.7 Å². The van der Waals surface area contributed by atoms with Gasteiger partial charge in [0.1, 0.15) is 17.7 Å². The normalized spacial score (nSPS) is 13.6. The Labute approximate surface area is 210 Å². The molecule has 1 fully saturated rings. The van der Waals surface area contributed by atoms with Gasteiger partial charge in [-0.25, -0.2) is 0 Å². The van der Waals surface area contributed by atoms with Crippen LogP contribution in [0.1, 0.15) is 37.8 Å². The third kappa shape index (κ3) is 8.91. The molecule has 0 atom stereocenters. The van der Waals surface area contributed by atoms with Crippen LogP contribution in [-0.2, 0) is 0 Å². The van der Waals surface area contributed by atoms with Crippen LogP contribution in [0.2, 0.25) is 0 Å². The average Bonchev–Trinajstić information content (AvgIpc) is 2.73. The van der Waals surface area contributed by atoms with Crippen molar-refractivity contribution in [3.63, 3.8) is 0 Å². The molecule has 0 spiro atoms. The van der Waals surface area contributed by atoms with E-state index in [4.69, 9.17) is 15.9 Å². The lowest BCUT2D eigenvalue weighted by molar-refractivity contribution is 0.162. The number of halogens is 3. The summed E-state index contributed by atoms with van der Waals surface area (Å²) in [4.78, 5) is 2.35. The van der Waals surface area contributed by atoms with Gasteiger partial charge in [0.25, 0.3) is 0 Å². The van der Waals surface area contributed by atoms with Crippen molar-refractivity contribution in [2.75, 3.05) is 24.5 Å². The van der Waals surface area contributed by atoms with Gasteiger partial charge in [0.2, 0.25) is 0 Å². The first kappa shape index (κ1) is 30.1.